The van der Waals surface area contributed by atoms with Crippen molar-refractivity contribution in [3.8, 4) is 0 Å². The number of aromatic nitrogens is 4. The van der Waals surface area contributed by atoms with E-state index in [1.807, 2.05) is 0 Å². The smallest absolute Gasteiger partial charge is 0.226 e. The molecule has 1 aliphatic heterocycles. The summed E-state index contributed by atoms with van der Waals surface area (Å²) in [5.41, 5.74) is 1.93. The lowest BCUT2D eigenvalue weighted by Gasteiger charge is -2.35. The van der Waals surface area contributed by atoms with Gasteiger partial charge in [0.25, 0.3) is 0 Å². The normalized spacial score (nSPS) is 22.2. The minimum absolute atomic E-state index is 0.176. The molecule has 1 saturated carbocycles. The Bertz CT molecular complexity index is 562. The highest BCUT2D eigenvalue weighted by molar-refractivity contribution is 5.73. The van der Waals surface area contributed by atoms with Gasteiger partial charge < -0.3 is 9.64 Å². The fourth-order valence-corrected chi connectivity index (χ4v) is 2.47. The van der Waals surface area contributed by atoms with Gasteiger partial charge in [0, 0.05) is 6.54 Å². The second kappa shape index (κ2) is 3.16. The number of hydrogen-bond donors (Lipinski definition) is 1. The number of rotatable bonds is 1. The van der Waals surface area contributed by atoms with Crippen LogP contribution >= 0.6 is 0 Å². The summed E-state index contributed by atoms with van der Waals surface area (Å²) in [6.45, 7) is 2.44. The largest absolute Gasteiger partial charge is 0.377 e. The summed E-state index contributed by atoms with van der Waals surface area (Å²) < 4.78 is 5.56. The first-order chi connectivity index (χ1) is 8.37. The molecule has 1 spiro atoms. The summed E-state index contributed by atoms with van der Waals surface area (Å²) >= 11 is 0. The van der Waals surface area contributed by atoms with Crippen molar-refractivity contribution in [2.45, 2.75) is 18.4 Å². The Balaban J connectivity index is 1.77. The van der Waals surface area contributed by atoms with Gasteiger partial charge in [0.1, 0.15) is 11.0 Å². The standard InChI is InChI=1S/C11H13N5O/c1-2-11(1)7-17-4-3-16(11)10-12-5-9-8(14-10)6-13-15-9/h5-6H,1-4,7H2,(H,13,15). The zero-order valence-electron chi connectivity index (χ0n) is 9.39. The van der Waals surface area contributed by atoms with Crippen LogP contribution in [0, 0.1) is 0 Å². The molecule has 2 aromatic rings. The van der Waals surface area contributed by atoms with E-state index < -0.39 is 0 Å². The minimum Gasteiger partial charge on any atom is -0.377 e. The molecule has 3 heterocycles. The molecule has 0 aromatic carbocycles. The summed E-state index contributed by atoms with van der Waals surface area (Å²) in [7, 11) is 0. The molecule has 4 rings (SSSR count). The van der Waals surface area contributed by atoms with Gasteiger partial charge in [-0.3, -0.25) is 5.10 Å². The molecule has 1 saturated heterocycles. The fourth-order valence-electron chi connectivity index (χ4n) is 2.47. The summed E-state index contributed by atoms with van der Waals surface area (Å²) in [6.07, 6.45) is 5.90. The van der Waals surface area contributed by atoms with Gasteiger partial charge >= 0.3 is 0 Å². The monoisotopic (exact) mass is 231 g/mol. The van der Waals surface area contributed by atoms with E-state index in [0.29, 0.717) is 0 Å². The number of nitrogens with one attached hydrogen (secondary N) is 1. The van der Waals surface area contributed by atoms with Crippen LogP contribution in [-0.2, 0) is 4.74 Å². The average molecular weight is 231 g/mol. The number of fused-ring (bicyclic) bond motifs is 1. The van der Waals surface area contributed by atoms with Gasteiger partial charge in [-0.15, -0.1) is 0 Å². The van der Waals surface area contributed by atoms with Crippen LogP contribution in [0.4, 0.5) is 5.95 Å². The maximum atomic E-state index is 5.56. The number of nitrogens with zero attached hydrogens (tertiary/aromatic N) is 4. The van der Waals surface area contributed by atoms with E-state index in [2.05, 4.69) is 25.1 Å². The molecular formula is C11H13N5O. The van der Waals surface area contributed by atoms with Crippen molar-refractivity contribution < 1.29 is 4.74 Å². The third-order valence-electron chi connectivity index (χ3n) is 3.65. The van der Waals surface area contributed by atoms with Gasteiger partial charge in [-0.1, -0.05) is 0 Å². The second-order valence-electron chi connectivity index (χ2n) is 4.77. The minimum atomic E-state index is 0.176. The van der Waals surface area contributed by atoms with Gasteiger partial charge in [-0.2, -0.15) is 5.10 Å². The number of ether oxygens (including phenoxy) is 1. The Morgan fingerprint density at radius 1 is 1.35 bits per heavy atom. The van der Waals surface area contributed by atoms with E-state index >= 15 is 0 Å². The number of morpholine rings is 1. The van der Waals surface area contributed by atoms with Crippen LogP contribution in [0.3, 0.4) is 0 Å². The van der Waals surface area contributed by atoms with Crippen molar-refractivity contribution in [1.82, 2.24) is 20.2 Å². The number of hydrogen-bond acceptors (Lipinski definition) is 5. The number of aromatic amines is 1. The van der Waals surface area contributed by atoms with Crippen molar-refractivity contribution >= 4 is 17.0 Å². The lowest BCUT2D eigenvalue weighted by Crippen LogP contribution is -2.48. The lowest BCUT2D eigenvalue weighted by atomic mass is 10.2. The van der Waals surface area contributed by atoms with Crippen molar-refractivity contribution in [2.75, 3.05) is 24.7 Å². The molecule has 2 aliphatic rings. The maximum Gasteiger partial charge on any atom is 0.226 e. The highest BCUT2D eigenvalue weighted by Gasteiger charge is 2.51. The first-order valence-electron chi connectivity index (χ1n) is 5.89. The molecule has 1 aliphatic carbocycles. The van der Waals surface area contributed by atoms with Crippen LogP contribution in [-0.4, -0.2) is 45.5 Å². The van der Waals surface area contributed by atoms with Crippen LogP contribution in [0.25, 0.3) is 11.0 Å². The molecule has 0 amide bonds. The predicted octanol–water partition coefficient (Wildman–Crippen LogP) is 0.722. The Morgan fingerprint density at radius 2 is 2.29 bits per heavy atom. The van der Waals surface area contributed by atoms with Crippen LogP contribution in [0.1, 0.15) is 12.8 Å². The Labute approximate surface area is 98.0 Å². The van der Waals surface area contributed by atoms with E-state index in [4.69, 9.17) is 4.74 Å². The summed E-state index contributed by atoms with van der Waals surface area (Å²) in [5, 5.41) is 6.84. The first kappa shape index (κ1) is 9.35. The topological polar surface area (TPSA) is 66.9 Å². The van der Waals surface area contributed by atoms with E-state index in [9.17, 15) is 0 Å². The molecule has 0 bridgehead atoms. The predicted molar refractivity (Wildman–Crippen MR) is 61.8 cm³/mol. The van der Waals surface area contributed by atoms with Gasteiger partial charge in [-0.05, 0) is 12.8 Å². The highest BCUT2D eigenvalue weighted by atomic mass is 16.5. The van der Waals surface area contributed by atoms with E-state index in [1.165, 1.54) is 12.8 Å². The molecule has 17 heavy (non-hydrogen) atoms. The van der Waals surface area contributed by atoms with Crippen LogP contribution in [0.2, 0.25) is 0 Å². The van der Waals surface area contributed by atoms with Crippen molar-refractivity contribution in [3.05, 3.63) is 12.4 Å². The molecule has 6 nitrogen and oxygen atoms in total. The van der Waals surface area contributed by atoms with Gasteiger partial charge in [-0.25, -0.2) is 9.97 Å². The second-order valence-corrected chi connectivity index (χ2v) is 4.77. The van der Waals surface area contributed by atoms with E-state index in [0.717, 1.165) is 36.7 Å². The molecule has 2 aromatic heterocycles. The Hall–Kier alpha value is -1.69. The molecule has 0 unspecified atom stereocenters. The molecule has 88 valence electrons. The molecule has 6 heteroatoms. The van der Waals surface area contributed by atoms with E-state index in [-0.39, 0.29) is 5.54 Å². The van der Waals surface area contributed by atoms with Crippen LogP contribution in [0.15, 0.2) is 12.4 Å². The van der Waals surface area contributed by atoms with Gasteiger partial charge in [0.2, 0.25) is 5.95 Å². The third-order valence-corrected chi connectivity index (χ3v) is 3.65. The quantitative estimate of drug-likeness (QED) is 0.783. The van der Waals surface area contributed by atoms with E-state index in [1.54, 1.807) is 12.4 Å². The molecule has 0 atom stereocenters. The molecule has 0 radical (unpaired) electrons. The summed E-state index contributed by atoms with van der Waals surface area (Å²) in [5.74, 6) is 0.805. The number of anilines is 1. The third kappa shape index (κ3) is 1.33. The Morgan fingerprint density at radius 3 is 3.18 bits per heavy atom. The first-order valence-corrected chi connectivity index (χ1v) is 5.89. The average Bonchev–Trinajstić information content (AvgIpc) is 2.96. The zero-order chi connectivity index (χ0) is 11.3. The SMILES string of the molecule is c1n[nH]c2cnc(N3CCOCC34CC4)nc12. The zero-order valence-corrected chi connectivity index (χ0v) is 9.39. The van der Waals surface area contributed by atoms with Gasteiger partial charge in [0.15, 0.2) is 0 Å². The molecule has 2 fully saturated rings. The maximum absolute atomic E-state index is 5.56. The molecule has 1 N–H and O–H groups in total. The fraction of sp³-hybridized carbons (Fsp3) is 0.545. The van der Waals surface area contributed by atoms with Crippen molar-refractivity contribution in [2.24, 2.45) is 0 Å². The Kier molecular flexibility index (Phi) is 1.74. The summed E-state index contributed by atoms with van der Waals surface area (Å²) in [6, 6.07) is 0. The highest BCUT2D eigenvalue weighted by Crippen LogP contribution is 2.44. The van der Waals surface area contributed by atoms with Crippen molar-refractivity contribution in [3.63, 3.8) is 0 Å². The van der Waals surface area contributed by atoms with Gasteiger partial charge in [0.05, 0.1) is 31.1 Å². The number of H-pyrrole nitrogens is 1. The van der Waals surface area contributed by atoms with Crippen LogP contribution < -0.4 is 4.90 Å². The van der Waals surface area contributed by atoms with Crippen LogP contribution in [0.5, 0.6) is 0 Å². The van der Waals surface area contributed by atoms with Crippen molar-refractivity contribution in [1.29, 1.82) is 0 Å². The lowest BCUT2D eigenvalue weighted by molar-refractivity contribution is 0.0855. The summed E-state index contributed by atoms with van der Waals surface area (Å²) in [4.78, 5) is 11.3. The molecular weight excluding hydrogens is 218 g/mol.